The zero-order valence-electron chi connectivity index (χ0n) is 13.1. The van der Waals surface area contributed by atoms with Gasteiger partial charge in [0, 0.05) is 7.05 Å². The Balaban J connectivity index is 0. The van der Waals surface area contributed by atoms with Crippen molar-refractivity contribution in [1.82, 2.24) is 9.62 Å². The first kappa shape index (κ1) is 22.7. The van der Waals surface area contributed by atoms with Crippen molar-refractivity contribution in [3.8, 4) is 0 Å². The van der Waals surface area contributed by atoms with Crippen LogP contribution in [0.25, 0.3) is 0 Å². The summed E-state index contributed by atoms with van der Waals surface area (Å²) in [6, 6.07) is -0.0782. The maximum Gasteiger partial charge on any atom is 0.249 e. The highest BCUT2D eigenvalue weighted by Crippen LogP contribution is 2.07. The predicted molar refractivity (Wildman–Crippen MR) is 97.2 cm³/mol. The molecule has 0 aliphatic rings. The third-order valence-electron chi connectivity index (χ3n) is 3.15. The predicted octanol–water partition coefficient (Wildman–Crippen LogP) is 3.78. The van der Waals surface area contributed by atoms with E-state index in [9.17, 15) is 4.79 Å². The number of hydrogen-bond donors (Lipinski definition) is 2. The Morgan fingerprint density at radius 1 is 1.25 bits per heavy atom. The van der Waals surface area contributed by atoms with Gasteiger partial charge >= 0.3 is 0 Å². The Morgan fingerprint density at radius 2 is 1.85 bits per heavy atom. The molecule has 0 spiro atoms. The lowest BCUT2D eigenvalue weighted by Crippen LogP contribution is -2.42. The molecule has 0 aromatic carbocycles. The Labute approximate surface area is 141 Å². The summed E-state index contributed by atoms with van der Waals surface area (Å²) in [4.78, 5) is 11.9. The van der Waals surface area contributed by atoms with Gasteiger partial charge < -0.3 is 5.32 Å². The van der Waals surface area contributed by atoms with Crippen LogP contribution in [0.15, 0.2) is 0 Å². The van der Waals surface area contributed by atoms with Crippen molar-refractivity contribution in [3.05, 3.63) is 0 Å². The van der Waals surface area contributed by atoms with Gasteiger partial charge in [0.25, 0.3) is 0 Å². The third-order valence-corrected chi connectivity index (χ3v) is 3.99. The highest BCUT2D eigenvalue weighted by Gasteiger charge is 2.19. The molecule has 1 amide bonds. The molecule has 0 radical (unpaired) electrons. The van der Waals surface area contributed by atoms with Crippen molar-refractivity contribution in [3.63, 3.8) is 0 Å². The van der Waals surface area contributed by atoms with Crippen molar-refractivity contribution >= 4 is 42.9 Å². The zero-order chi connectivity index (χ0) is 14.5. The molecule has 0 heterocycles. The summed E-state index contributed by atoms with van der Waals surface area (Å²) in [5, 5.41) is 3.37. The first-order valence-corrected chi connectivity index (χ1v) is 9.11. The molecular weight excluding hydrogens is 312 g/mol. The monoisotopic (exact) mass is 342 g/mol. The summed E-state index contributed by atoms with van der Waals surface area (Å²) < 4.78 is 1.39. The minimum Gasteiger partial charge on any atom is -0.306 e. The number of nitrogens with one attached hydrogen (secondary N) is 1. The lowest BCUT2D eigenvalue weighted by Gasteiger charge is -2.20. The van der Waals surface area contributed by atoms with Crippen LogP contribution in [0.1, 0.15) is 51.9 Å². The first-order chi connectivity index (χ1) is 9.13. The SMILES string of the molecule is CCCCCCCCN[C@@H](CCSC)C(=O)N(C)S.Cl. The summed E-state index contributed by atoms with van der Waals surface area (Å²) >= 11 is 5.87. The molecule has 1 N–H and O–H groups in total. The molecule has 20 heavy (non-hydrogen) atoms. The van der Waals surface area contributed by atoms with Crippen molar-refractivity contribution in [2.45, 2.75) is 57.9 Å². The number of likely N-dealkylation sites (N-methyl/N-ethyl adjacent to an activating group) is 1. The van der Waals surface area contributed by atoms with E-state index in [1.807, 2.05) is 0 Å². The molecule has 0 aromatic heterocycles. The molecular formula is C14H31ClN2OS2. The highest BCUT2D eigenvalue weighted by molar-refractivity contribution is 7.98. The maximum absolute atomic E-state index is 11.9. The van der Waals surface area contributed by atoms with Gasteiger partial charge in [0.15, 0.2) is 0 Å². The van der Waals surface area contributed by atoms with Crippen molar-refractivity contribution in [2.75, 3.05) is 25.6 Å². The topological polar surface area (TPSA) is 32.3 Å². The van der Waals surface area contributed by atoms with E-state index < -0.39 is 0 Å². The van der Waals surface area contributed by atoms with Crippen LogP contribution < -0.4 is 5.32 Å². The number of carbonyl (C=O) groups is 1. The molecule has 122 valence electrons. The maximum atomic E-state index is 11.9. The standard InChI is InChI=1S/C14H30N2OS2.ClH/c1-4-5-6-7-8-9-11-15-13(10-12-19-3)14(17)16(2)18;/h13,15,18H,4-12H2,1-3H3;1H/t13-;/m0./s1. The van der Waals surface area contributed by atoms with E-state index in [4.69, 9.17) is 0 Å². The average molecular weight is 343 g/mol. The number of carbonyl (C=O) groups excluding carboxylic acids is 1. The molecule has 0 fully saturated rings. The van der Waals surface area contributed by atoms with Gasteiger partial charge in [0.05, 0.1) is 6.04 Å². The molecule has 0 unspecified atom stereocenters. The summed E-state index contributed by atoms with van der Waals surface area (Å²) in [6.07, 6.45) is 10.6. The van der Waals surface area contributed by atoms with Gasteiger partial charge in [-0.15, -0.1) is 12.4 Å². The molecule has 0 bridgehead atoms. The van der Waals surface area contributed by atoms with Crippen LogP contribution in [-0.2, 0) is 4.79 Å². The summed E-state index contributed by atoms with van der Waals surface area (Å²) in [5.41, 5.74) is 0. The van der Waals surface area contributed by atoms with Gasteiger partial charge in [0.1, 0.15) is 0 Å². The molecule has 0 aromatic rings. The van der Waals surface area contributed by atoms with Gasteiger partial charge in [0.2, 0.25) is 5.91 Å². The van der Waals surface area contributed by atoms with Crippen LogP contribution in [-0.4, -0.2) is 41.9 Å². The van der Waals surface area contributed by atoms with E-state index in [-0.39, 0.29) is 24.4 Å². The molecule has 0 aliphatic carbocycles. The molecule has 0 saturated carbocycles. The summed E-state index contributed by atoms with van der Waals surface area (Å²) in [7, 11) is 1.70. The van der Waals surface area contributed by atoms with Crippen LogP contribution in [0.4, 0.5) is 0 Å². The summed E-state index contributed by atoms with van der Waals surface area (Å²) in [6.45, 7) is 3.16. The number of thioether (sulfide) groups is 1. The second-order valence-corrected chi connectivity index (χ2v) is 6.50. The molecule has 0 saturated heterocycles. The normalized spacial score (nSPS) is 11.8. The fourth-order valence-corrected chi connectivity index (χ4v) is 2.57. The summed E-state index contributed by atoms with van der Waals surface area (Å²) in [5.74, 6) is 1.07. The molecule has 3 nitrogen and oxygen atoms in total. The van der Waals surface area contributed by atoms with Crippen molar-refractivity contribution < 1.29 is 4.79 Å². The van der Waals surface area contributed by atoms with E-state index in [1.165, 1.54) is 36.4 Å². The molecule has 0 rings (SSSR count). The fourth-order valence-electron chi connectivity index (χ4n) is 1.96. The number of nitrogens with zero attached hydrogens (tertiary/aromatic N) is 1. The van der Waals surface area contributed by atoms with Crippen molar-refractivity contribution in [1.29, 1.82) is 0 Å². The Kier molecular flexibility index (Phi) is 17.9. The number of rotatable bonds is 12. The molecule has 6 heteroatoms. The highest BCUT2D eigenvalue weighted by atomic mass is 35.5. The van der Waals surface area contributed by atoms with Crippen LogP contribution in [0.3, 0.4) is 0 Å². The van der Waals surface area contributed by atoms with Gasteiger partial charge in [-0.25, -0.2) is 0 Å². The molecule has 1 atom stereocenters. The zero-order valence-corrected chi connectivity index (χ0v) is 15.6. The minimum absolute atomic E-state index is 0. The number of amides is 1. The smallest absolute Gasteiger partial charge is 0.249 e. The van der Waals surface area contributed by atoms with Gasteiger partial charge in [-0.3, -0.25) is 9.10 Å². The Hall–Kier alpha value is 0.420. The quantitative estimate of drug-likeness (QED) is 0.418. The Bertz CT molecular complexity index is 231. The van der Waals surface area contributed by atoms with Crippen LogP contribution >= 0.6 is 37.0 Å². The second-order valence-electron chi connectivity index (χ2n) is 4.92. The number of unbranched alkanes of at least 4 members (excludes halogenated alkanes) is 5. The largest absolute Gasteiger partial charge is 0.306 e. The molecule has 0 aliphatic heterocycles. The van der Waals surface area contributed by atoms with E-state index in [0.29, 0.717) is 0 Å². The van der Waals surface area contributed by atoms with Gasteiger partial charge in [-0.1, -0.05) is 51.8 Å². The number of hydrogen-bond acceptors (Lipinski definition) is 4. The van der Waals surface area contributed by atoms with Gasteiger partial charge in [-0.05, 0) is 31.4 Å². The van der Waals surface area contributed by atoms with Crippen LogP contribution in [0.2, 0.25) is 0 Å². The second kappa shape index (κ2) is 15.8. The van der Waals surface area contributed by atoms with E-state index >= 15 is 0 Å². The Morgan fingerprint density at radius 3 is 2.40 bits per heavy atom. The minimum atomic E-state index is -0.0782. The van der Waals surface area contributed by atoms with E-state index in [2.05, 4.69) is 31.3 Å². The van der Waals surface area contributed by atoms with E-state index in [0.717, 1.165) is 25.1 Å². The number of thiol groups is 1. The average Bonchev–Trinajstić information content (AvgIpc) is 2.40. The fraction of sp³-hybridized carbons (Fsp3) is 0.929. The lowest BCUT2D eigenvalue weighted by molar-refractivity contribution is -0.127. The van der Waals surface area contributed by atoms with Crippen molar-refractivity contribution in [2.24, 2.45) is 0 Å². The van der Waals surface area contributed by atoms with Gasteiger partial charge in [-0.2, -0.15) is 11.8 Å². The lowest BCUT2D eigenvalue weighted by atomic mass is 10.1. The third kappa shape index (κ3) is 12.2. The van der Waals surface area contributed by atoms with Crippen LogP contribution in [0, 0.1) is 0 Å². The van der Waals surface area contributed by atoms with Crippen LogP contribution in [0.5, 0.6) is 0 Å². The first-order valence-electron chi connectivity index (χ1n) is 7.32. The number of halogens is 1. The van der Waals surface area contributed by atoms with E-state index in [1.54, 1.807) is 18.8 Å².